The summed E-state index contributed by atoms with van der Waals surface area (Å²) in [5, 5.41) is 29.9. The van der Waals surface area contributed by atoms with Gasteiger partial charge in [0.15, 0.2) is 0 Å². The van der Waals surface area contributed by atoms with Crippen LogP contribution in [0.3, 0.4) is 0 Å². The van der Waals surface area contributed by atoms with Crippen LogP contribution in [0.2, 0.25) is 0 Å². The largest absolute Gasteiger partial charge is 0.392 e. The number of thiocarbonyl (C=S) groups is 1. The van der Waals surface area contributed by atoms with Crippen molar-refractivity contribution >= 4 is 45.0 Å². The number of nitro groups is 1. The number of hydrogen-bond donors (Lipinski definition) is 2. The highest BCUT2D eigenvalue weighted by Crippen LogP contribution is 2.32. The van der Waals surface area contributed by atoms with E-state index in [1.54, 1.807) is 6.07 Å². The molecule has 2 aromatic carbocycles. The molecule has 0 bridgehead atoms. The summed E-state index contributed by atoms with van der Waals surface area (Å²) in [5.41, 5.74) is 2.42. The molecule has 0 saturated heterocycles. The zero-order valence-corrected chi connectivity index (χ0v) is 15.9. The van der Waals surface area contributed by atoms with Gasteiger partial charge in [-0.3, -0.25) is 10.1 Å². The maximum Gasteiger partial charge on any atom is 0.273 e. The molecule has 0 atom stereocenters. The van der Waals surface area contributed by atoms with Crippen LogP contribution in [0.1, 0.15) is 22.3 Å². The predicted octanol–water partition coefficient (Wildman–Crippen LogP) is 4.20. The quantitative estimate of drug-likeness (QED) is 0.328. The fraction of sp³-hybridized carbons (Fsp3) is 0.235. The van der Waals surface area contributed by atoms with E-state index in [1.165, 1.54) is 35.2 Å². The second-order valence-electron chi connectivity index (χ2n) is 5.28. The molecule has 0 fully saturated rings. The second-order valence-corrected chi connectivity index (χ2v) is 8.53. The van der Waals surface area contributed by atoms with E-state index in [0.717, 1.165) is 4.90 Å². The molecule has 0 unspecified atom stereocenters. The summed E-state index contributed by atoms with van der Waals surface area (Å²) < 4.78 is 0.662. The van der Waals surface area contributed by atoms with Crippen molar-refractivity contribution in [1.29, 1.82) is 0 Å². The molecule has 0 amide bonds. The molecule has 25 heavy (non-hydrogen) atoms. The highest BCUT2D eigenvalue weighted by Gasteiger charge is 2.18. The Morgan fingerprint density at radius 2 is 1.72 bits per heavy atom. The maximum atomic E-state index is 11.3. The van der Waals surface area contributed by atoms with Crippen LogP contribution in [0, 0.1) is 17.0 Å². The van der Waals surface area contributed by atoms with Crippen LogP contribution < -0.4 is 0 Å². The highest BCUT2D eigenvalue weighted by atomic mass is 32.2. The molecule has 0 aliphatic rings. The van der Waals surface area contributed by atoms with Gasteiger partial charge in [-0.25, -0.2) is 0 Å². The molecule has 132 valence electrons. The summed E-state index contributed by atoms with van der Waals surface area (Å²) in [6.45, 7) is 1.37. The Balaban J connectivity index is 2.11. The van der Waals surface area contributed by atoms with E-state index in [4.69, 9.17) is 12.2 Å². The lowest BCUT2D eigenvalue weighted by Gasteiger charge is -2.10. The van der Waals surface area contributed by atoms with Gasteiger partial charge in [0.1, 0.15) is 3.53 Å². The Hall–Kier alpha value is -1.45. The standard InChI is InChI=1S/C17H17NO4S3/c1-11-2-4-15(5-3-11)25-17(23)24-10-14-6-12(8-19)13(9-20)7-16(14)18(21)22/h2-7,19-20H,8-10H2,1H3. The van der Waals surface area contributed by atoms with Crippen molar-refractivity contribution in [3.63, 3.8) is 0 Å². The number of aliphatic hydroxyl groups excluding tert-OH is 2. The molecule has 5 nitrogen and oxygen atoms in total. The number of nitro benzene ring substituents is 1. The first-order valence-electron chi connectivity index (χ1n) is 7.36. The number of aliphatic hydroxyl groups is 2. The number of thioether (sulfide) groups is 2. The van der Waals surface area contributed by atoms with Crippen molar-refractivity contribution in [3.05, 3.63) is 68.8 Å². The molecule has 2 rings (SSSR count). The molecule has 0 aromatic heterocycles. The van der Waals surface area contributed by atoms with Crippen molar-refractivity contribution in [1.82, 2.24) is 0 Å². The Bertz CT molecular complexity index is 778. The summed E-state index contributed by atoms with van der Waals surface area (Å²) in [4.78, 5) is 11.8. The first-order chi connectivity index (χ1) is 11.9. The van der Waals surface area contributed by atoms with Gasteiger partial charge >= 0.3 is 0 Å². The minimum atomic E-state index is -0.480. The molecule has 0 aliphatic heterocycles. The minimum absolute atomic E-state index is 0.0723. The molecular weight excluding hydrogens is 378 g/mol. The Morgan fingerprint density at radius 1 is 1.12 bits per heavy atom. The van der Waals surface area contributed by atoms with Crippen molar-refractivity contribution in [2.45, 2.75) is 30.8 Å². The topological polar surface area (TPSA) is 83.6 Å². The fourth-order valence-corrected chi connectivity index (χ4v) is 4.31. The molecule has 0 aliphatic carbocycles. The number of nitrogens with zero attached hydrogens (tertiary/aromatic N) is 1. The van der Waals surface area contributed by atoms with E-state index < -0.39 is 4.92 Å². The fourth-order valence-electron chi connectivity index (χ4n) is 2.18. The lowest BCUT2D eigenvalue weighted by atomic mass is 10.0. The number of hydrogen-bond acceptors (Lipinski definition) is 7. The van der Waals surface area contributed by atoms with Gasteiger partial charge in [0.2, 0.25) is 0 Å². The van der Waals surface area contributed by atoms with Crippen LogP contribution in [0.25, 0.3) is 0 Å². The average Bonchev–Trinajstić information content (AvgIpc) is 2.60. The van der Waals surface area contributed by atoms with E-state index >= 15 is 0 Å². The van der Waals surface area contributed by atoms with Gasteiger partial charge in [0, 0.05) is 22.3 Å². The van der Waals surface area contributed by atoms with Crippen LogP contribution >= 0.6 is 35.7 Å². The van der Waals surface area contributed by atoms with Crippen LogP contribution in [-0.2, 0) is 19.0 Å². The summed E-state index contributed by atoms with van der Waals surface area (Å²) in [6.07, 6.45) is 0. The van der Waals surface area contributed by atoms with Crippen molar-refractivity contribution in [2.75, 3.05) is 0 Å². The van der Waals surface area contributed by atoms with Gasteiger partial charge in [-0.05, 0) is 36.2 Å². The van der Waals surface area contributed by atoms with Gasteiger partial charge in [0.25, 0.3) is 5.69 Å². The van der Waals surface area contributed by atoms with E-state index in [0.29, 0.717) is 26.0 Å². The van der Waals surface area contributed by atoms with E-state index in [2.05, 4.69) is 0 Å². The van der Waals surface area contributed by atoms with Gasteiger partial charge < -0.3 is 10.2 Å². The lowest BCUT2D eigenvalue weighted by molar-refractivity contribution is -0.385. The van der Waals surface area contributed by atoms with Gasteiger partial charge in [-0.15, -0.1) is 11.8 Å². The number of rotatable bonds is 6. The third-order valence-corrected chi connectivity index (χ3v) is 6.08. The average molecular weight is 396 g/mol. The highest BCUT2D eigenvalue weighted by molar-refractivity contribution is 8.46. The summed E-state index contributed by atoms with van der Waals surface area (Å²) in [6, 6.07) is 10.8. The molecule has 2 aromatic rings. The maximum absolute atomic E-state index is 11.3. The Labute approximate surface area is 159 Å². The van der Waals surface area contributed by atoms with Crippen LogP contribution in [-0.4, -0.2) is 18.7 Å². The summed E-state index contributed by atoms with van der Waals surface area (Å²) >= 11 is 8.13. The second kappa shape index (κ2) is 9.30. The lowest BCUT2D eigenvalue weighted by Crippen LogP contribution is -2.02. The third kappa shape index (κ3) is 5.52. The van der Waals surface area contributed by atoms with Crippen LogP contribution in [0.4, 0.5) is 5.69 Å². The Morgan fingerprint density at radius 3 is 2.28 bits per heavy atom. The van der Waals surface area contributed by atoms with Crippen molar-refractivity contribution in [2.24, 2.45) is 0 Å². The minimum Gasteiger partial charge on any atom is -0.392 e. The number of aryl methyl sites for hydroxylation is 1. The molecule has 8 heteroatoms. The summed E-state index contributed by atoms with van der Waals surface area (Å²) in [5.74, 6) is 0.326. The molecule has 0 spiro atoms. The molecule has 0 radical (unpaired) electrons. The molecule has 2 N–H and O–H groups in total. The van der Waals surface area contributed by atoms with Crippen molar-refractivity contribution < 1.29 is 15.1 Å². The molecular formula is C17H17NO4S3. The van der Waals surface area contributed by atoms with Crippen LogP contribution in [0.15, 0.2) is 41.3 Å². The smallest absolute Gasteiger partial charge is 0.273 e. The first-order valence-corrected chi connectivity index (χ1v) is 9.57. The van der Waals surface area contributed by atoms with Gasteiger partial charge in [0.05, 0.1) is 18.1 Å². The Kier molecular flexibility index (Phi) is 7.39. The van der Waals surface area contributed by atoms with E-state index in [-0.39, 0.29) is 18.9 Å². The van der Waals surface area contributed by atoms with E-state index in [9.17, 15) is 20.3 Å². The summed E-state index contributed by atoms with van der Waals surface area (Å²) in [7, 11) is 0. The van der Waals surface area contributed by atoms with E-state index in [1.807, 2.05) is 31.2 Å². The van der Waals surface area contributed by atoms with Gasteiger partial charge in [-0.2, -0.15) is 0 Å². The number of benzene rings is 2. The third-order valence-electron chi connectivity index (χ3n) is 3.51. The monoisotopic (exact) mass is 395 g/mol. The predicted molar refractivity (Wildman–Crippen MR) is 106 cm³/mol. The first kappa shape index (κ1) is 19.9. The zero-order valence-electron chi connectivity index (χ0n) is 13.5. The van der Waals surface area contributed by atoms with Gasteiger partial charge in [-0.1, -0.05) is 41.7 Å². The van der Waals surface area contributed by atoms with Crippen LogP contribution in [0.5, 0.6) is 0 Å². The molecule has 0 heterocycles. The molecule has 0 saturated carbocycles. The SMILES string of the molecule is Cc1ccc(SC(=S)SCc2cc(CO)c(CO)cc2[N+](=O)[O-])cc1. The van der Waals surface area contributed by atoms with Crippen molar-refractivity contribution in [3.8, 4) is 0 Å². The zero-order chi connectivity index (χ0) is 18.4. The normalized spacial score (nSPS) is 10.7.